The maximum Gasteiger partial charge on any atom is 0.267 e. The number of aryl methyl sites for hydroxylation is 2. The monoisotopic (exact) mass is 363 g/mol. The lowest BCUT2D eigenvalue weighted by Gasteiger charge is -2.09. The number of anilines is 1. The molecule has 0 bridgehead atoms. The summed E-state index contributed by atoms with van der Waals surface area (Å²) in [6, 6.07) is 15.4. The molecule has 0 aliphatic carbocycles. The molecule has 2 rings (SSSR count). The van der Waals surface area contributed by atoms with Crippen LogP contribution >= 0.6 is 0 Å². The van der Waals surface area contributed by atoms with E-state index in [0.717, 1.165) is 22.4 Å². The van der Waals surface area contributed by atoms with Crippen LogP contribution in [-0.4, -0.2) is 17.5 Å². The number of hydrogen-bond acceptors (Lipinski definition) is 3. The van der Waals surface area contributed by atoms with Gasteiger partial charge in [-0.15, -0.1) is 0 Å². The second-order valence-electron chi connectivity index (χ2n) is 6.57. The van der Waals surface area contributed by atoms with Crippen molar-refractivity contribution in [3.8, 4) is 0 Å². The van der Waals surface area contributed by atoms with Gasteiger partial charge in [-0.3, -0.25) is 9.59 Å². The molecule has 2 N–H and O–H groups in total. The Morgan fingerprint density at radius 2 is 1.74 bits per heavy atom. The predicted octanol–water partition coefficient (Wildman–Crippen LogP) is 4.23. The zero-order chi connectivity index (χ0) is 19.8. The molecule has 5 heteroatoms. The molecule has 0 aromatic heterocycles. The van der Waals surface area contributed by atoms with Gasteiger partial charge >= 0.3 is 0 Å². The van der Waals surface area contributed by atoms with E-state index in [0.29, 0.717) is 11.3 Å². The van der Waals surface area contributed by atoms with Crippen molar-refractivity contribution in [3.05, 3.63) is 70.8 Å². The molecule has 0 atom stereocenters. The zero-order valence-corrected chi connectivity index (χ0v) is 16.2. The van der Waals surface area contributed by atoms with Crippen LogP contribution in [0.1, 0.15) is 37.0 Å². The molecule has 0 spiro atoms. The van der Waals surface area contributed by atoms with Gasteiger partial charge in [-0.05, 0) is 51.0 Å². The highest BCUT2D eigenvalue weighted by Gasteiger charge is 2.08. The quantitative estimate of drug-likeness (QED) is 0.458. The van der Waals surface area contributed by atoms with Gasteiger partial charge in [0.25, 0.3) is 5.91 Å². The Labute approximate surface area is 160 Å². The third kappa shape index (κ3) is 6.55. The van der Waals surface area contributed by atoms with Gasteiger partial charge in [-0.2, -0.15) is 5.10 Å². The topological polar surface area (TPSA) is 70.6 Å². The van der Waals surface area contributed by atoms with Crippen molar-refractivity contribution in [3.63, 3.8) is 0 Å². The van der Waals surface area contributed by atoms with E-state index in [1.54, 1.807) is 19.9 Å². The summed E-state index contributed by atoms with van der Waals surface area (Å²) in [6.07, 6.45) is 1.89. The summed E-state index contributed by atoms with van der Waals surface area (Å²) in [7, 11) is 0. The SMILES string of the molecule is CC(CC(=O)Nc1ccc(C)cc1C)=NNC(=O)/C(C)=C\c1ccccc1. The fourth-order valence-electron chi connectivity index (χ4n) is 2.52. The summed E-state index contributed by atoms with van der Waals surface area (Å²) in [6.45, 7) is 7.39. The number of carbonyl (C=O) groups is 2. The molecule has 0 heterocycles. The molecule has 140 valence electrons. The van der Waals surface area contributed by atoms with Crippen molar-refractivity contribution >= 4 is 29.3 Å². The van der Waals surface area contributed by atoms with E-state index in [2.05, 4.69) is 15.8 Å². The van der Waals surface area contributed by atoms with Crippen molar-refractivity contribution in [1.82, 2.24) is 5.43 Å². The maximum atomic E-state index is 12.2. The molecule has 0 aliphatic rings. The number of rotatable bonds is 6. The number of hydrogen-bond donors (Lipinski definition) is 2. The highest BCUT2D eigenvalue weighted by Crippen LogP contribution is 2.16. The Balaban J connectivity index is 1.90. The number of nitrogens with zero attached hydrogens (tertiary/aromatic N) is 1. The van der Waals surface area contributed by atoms with Gasteiger partial charge in [-0.1, -0.05) is 48.0 Å². The summed E-state index contributed by atoms with van der Waals surface area (Å²) in [5.41, 5.74) is 7.43. The summed E-state index contributed by atoms with van der Waals surface area (Å²) in [5.74, 6) is -0.470. The average Bonchev–Trinajstić information content (AvgIpc) is 2.62. The van der Waals surface area contributed by atoms with E-state index >= 15 is 0 Å². The van der Waals surface area contributed by atoms with Gasteiger partial charge in [0.2, 0.25) is 5.91 Å². The van der Waals surface area contributed by atoms with Gasteiger partial charge in [0.15, 0.2) is 0 Å². The van der Waals surface area contributed by atoms with Gasteiger partial charge in [0, 0.05) is 17.0 Å². The van der Waals surface area contributed by atoms with Gasteiger partial charge in [0.1, 0.15) is 0 Å². The standard InChI is InChI=1S/C22H25N3O2/c1-15-10-11-20(16(2)12-15)23-21(26)14-18(4)24-25-22(27)17(3)13-19-8-6-5-7-9-19/h5-13H,14H2,1-4H3,(H,23,26)(H,25,27)/b17-13-,24-18?. The number of amides is 2. The largest absolute Gasteiger partial charge is 0.326 e. The Kier molecular flexibility index (Phi) is 7.06. The zero-order valence-electron chi connectivity index (χ0n) is 16.2. The van der Waals surface area contributed by atoms with E-state index < -0.39 is 0 Å². The number of benzene rings is 2. The van der Waals surface area contributed by atoms with Crippen LogP contribution in [0.4, 0.5) is 5.69 Å². The molecule has 0 fully saturated rings. The second-order valence-corrected chi connectivity index (χ2v) is 6.57. The van der Waals surface area contributed by atoms with Crippen molar-refractivity contribution in [2.24, 2.45) is 5.10 Å². The first kappa shape index (κ1) is 20.1. The van der Waals surface area contributed by atoms with Gasteiger partial charge in [0.05, 0.1) is 6.42 Å². The van der Waals surface area contributed by atoms with Crippen LogP contribution in [0.5, 0.6) is 0 Å². The highest BCUT2D eigenvalue weighted by molar-refractivity contribution is 6.06. The minimum atomic E-state index is -0.298. The molecule has 5 nitrogen and oxygen atoms in total. The number of carbonyl (C=O) groups excluding carboxylic acids is 2. The third-order valence-corrected chi connectivity index (χ3v) is 3.96. The Morgan fingerprint density at radius 1 is 1.04 bits per heavy atom. The highest BCUT2D eigenvalue weighted by atomic mass is 16.2. The normalized spacial score (nSPS) is 11.9. The molecule has 2 aromatic carbocycles. The van der Waals surface area contributed by atoms with Gasteiger partial charge < -0.3 is 5.32 Å². The summed E-state index contributed by atoms with van der Waals surface area (Å²) in [5, 5.41) is 6.89. The lowest BCUT2D eigenvalue weighted by atomic mass is 10.1. The van der Waals surface area contributed by atoms with E-state index in [1.807, 2.05) is 62.4 Å². The van der Waals surface area contributed by atoms with Crippen molar-refractivity contribution in [1.29, 1.82) is 0 Å². The minimum absolute atomic E-state index is 0.106. The summed E-state index contributed by atoms with van der Waals surface area (Å²) >= 11 is 0. The van der Waals surface area contributed by atoms with Crippen LogP contribution in [-0.2, 0) is 9.59 Å². The summed E-state index contributed by atoms with van der Waals surface area (Å²) < 4.78 is 0. The molecule has 0 saturated heterocycles. The molecule has 2 amide bonds. The molecule has 0 unspecified atom stereocenters. The first-order valence-electron chi connectivity index (χ1n) is 8.79. The van der Waals surface area contributed by atoms with Crippen LogP contribution in [0, 0.1) is 13.8 Å². The van der Waals surface area contributed by atoms with Crippen LogP contribution in [0.15, 0.2) is 59.2 Å². The average molecular weight is 363 g/mol. The van der Waals surface area contributed by atoms with Crippen molar-refractivity contribution in [2.45, 2.75) is 34.1 Å². The van der Waals surface area contributed by atoms with Crippen LogP contribution < -0.4 is 10.7 Å². The molecular weight excluding hydrogens is 338 g/mol. The smallest absolute Gasteiger partial charge is 0.267 e. The molecule has 0 saturated carbocycles. The minimum Gasteiger partial charge on any atom is -0.326 e. The lowest BCUT2D eigenvalue weighted by Crippen LogP contribution is -2.22. The molecular formula is C22H25N3O2. The summed E-state index contributed by atoms with van der Waals surface area (Å²) in [4.78, 5) is 24.3. The Morgan fingerprint density at radius 3 is 2.41 bits per heavy atom. The Hall–Kier alpha value is -3.21. The van der Waals surface area contributed by atoms with Crippen molar-refractivity contribution in [2.75, 3.05) is 5.32 Å². The van der Waals surface area contributed by atoms with Crippen LogP contribution in [0.25, 0.3) is 6.08 Å². The van der Waals surface area contributed by atoms with Crippen LogP contribution in [0.3, 0.4) is 0 Å². The van der Waals surface area contributed by atoms with Gasteiger partial charge in [-0.25, -0.2) is 5.43 Å². The maximum absolute atomic E-state index is 12.2. The second kappa shape index (κ2) is 9.48. The third-order valence-electron chi connectivity index (χ3n) is 3.96. The number of nitrogens with one attached hydrogen (secondary N) is 2. The first-order chi connectivity index (χ1) is 12.8. The molecule has 0 radical (unpaired) electrons. The Bertz CT molecular complexity index is 884. The fraction of sp³-hybridized carbons (Fsp3) is 0.227. The molecule has 27 heavy (non-hydrogen) atoms. The predicted molar refractivity (Wildman–Crippen MR) is 111 cm³/mol. The van der Waals surface area contributed by atoms with E-state index in [-0.39, 0.29) is 18.2 Å². The van der Waals surface area contributed by atoms with E-state index in [9.17, 15) is 9.59 Å². The number of hydrazone groups is 1. The molecule has 2 aromatic rings. The first-order valence-corrected chi connectivity index (χ1v) is 8.79. The van der Waals surface area contributed by atoms with E-state index in [4.69, 9.17) is 0 Å². The molecule has 0 aliphatic heterocycles. The van der Waals surface area contributed by atoms with Crippen LogP contribution in [0.2, 0.25) is 0 Å². The van der Waals surface area contributed by atoms with Crippen molar-refractivity contribution < 1.29 is 9.59 Å². The lowest BCUT2D eigenvalue weighted by molar-refractivity contribution is -0.117. The van der Waals surface area contributed by atoms with E-state index in [1.165, 1.54) is 0 Å². The fourth-order valence-corrected chi connectivity index (χ4v) is 2.52.